The Hall–Kier alpha value is -0.130. The third-order valence-corrected chi connectivity index (χ3v) is 7.30. The molecule has 2 unspecified atom stereocenters. The second-order valence-corrected chi connectivity index (χ2v) is 10.6. The van der Waals surface area contributed by atoms with Crippen LogP contribution in [-0.2, 0) is 10.1 Å². The van der Waals surface area contributed by atoms with E-state index in [1.807, 2.05) is 6.92 Å². The van der Waals surface area contributed by atoms with Crippen LogP contribution in [0.15, 0.2) is 0 Å². The average Bonchev–Trinajstić information content (AvgIpc) is 2.66. The van der Waals surface area contributed by atoms with Crippen LogP contribution in [0.2, 0.25) is 0 Å². The van der Waals surface area contributed by atoms with Crippen LogP contribution in [0.25, 0.3) is 0 Å². The van der Waals surface area contributed by atoms with E-state index in [9.17, 15) is 18.1 Å². The molecular formula is C24H50O4S. The van der Waals surface area contributed by atoms with E-state index in [-0.39, 0.29) is 6.10 Å². The highest BCUT2D eigenvalue weighted by Crippen LogP contribution is 2.18. The summed E-state index contributed by atoms with van der Waals surface area (Å²) in [5.74, 6) is 0. The Morgan fingerprint density at radius 1 is 0.552 bits per heavy atom. The van der Waals surface area contributed by atoms with Crippen LogP contribution >= 0.6 is 0 Å². The Labute approximate surface area is 182 Å². The second-order valence-electron chi connectivity index (χ2n) is 8.90. The fourth-order valence-electron chi connectivity index (χ4n) is 4.06. The summed E-state index contributed by atoms with van der Waals surface area (Å²) in [4.78, 5) is 0. The number of aliphatic hydroxyl groups is 1. The quantitative estimate of drug-likeness (QED) is 0.137. The molecule has 0 fully saturated rings. The first-order valence-electron chi connectivity index (χ1n) is 12.6. The fourth-order valence-corrected chi connectivity index (χ4v) is 5.06. The molecule has 0 heterocycles. The highest BCUT2D eigenvalue weighted by atomic mass is 32.2. The van der Waals surface area contributed by atoms with Gasteiger partial charge >= 0.3 is 0 Å². The molecule has 0 amide bonds. The Morgan fingerprint density at radius 3 is 1.38 bits per heavy atom. The summed E-state index contributed by atoms with van der Waals surface area (Å²) >= 11 is 0. The van der Waals surface area contributed by atoms with Crippen LogP contribution in [0, 0.1) is 0 Å². The fraction of sp³-hybridized carbons (Fsp3) is 1.00. The molecule has 0 aromatic heterocycles. The van der Waals surface area contributed by atoms with Gasteiger partial charge in [0.2, 0.25) is 0 Å². The van der Waals surface area contributed by atoms with Crippen LogP contribution in [-0.4, -0.2) is 29.4 Å². The van der Waals surface area contributed by atoms with E-state index >= 15 is 0 Å². The molecule has 4 nitrogen and oxygen atoms in total. The van der Waals surface area contributed by atoms with Crippen LogP contribution < -0.4 is 0 Å². The number of unbranched alkanes of at least 4 members (excludes halogenated alkanes) is 13. The molecule has 0 bridgehead atoms. The van der Waals surface area contributed by atoms with Gasteiger partial charge < -0.3 is 5.11 Å². The third-order valence-electron chi connectivity index (χ3n) is 5.99. The van der Waals surface area contributed by atoms with Gasteiger partial charge in [-0.2, -0.15) is 8.42 Å². The Balaban J connectivity index is 3.42. The molecular weight excluding hydrogens is 384 g/mol. The third kappa shape index (κ3) is 19.6. The lowest BCUT2D eigenvalue weighted by Gasteiger charge is -2.14. The van der Waals surface area contributed by atoms with Crippen molar-refractivity contribution in [3.05, 3.63) is 0 Å². The van der Waals surface area contributed by atoms with E-state index in [4.69, 9.17) is 0 Å². The lowest BCUT2D eigenvalue weighted by Crippen LogP contribution is -2.21. The Morgan fingerprint density at radius 2 is 0.966 bits per heavy atom. The summed E-state index contributed by atoms with van der Waals surface area (Å²) in [5, 5.41) is 9.41. The van der Waals surface area contributed by atoms with Crippen molar-refractivity contribution in [1.82, 2.24) is 0 Å². The summed E-state index contributed by atoms with van der Waals surface area (Å²) < 4.78 is 31.8. The van der Waals surface area contributed by atoms with Crippen molar-refractivity contribution in [2.45, 2.75) is 154 Å². The maximum Gasteiger partial charge on any atom is 0.267 e. The van der Waals surface area contributed by atoms with Crippen LogP contribution in [0.1, 0.15) is 142 Å². The molecule has 0 aromatic carbocycles. The maximum absolute atomic E-state index is 11.3. The normalized spacial score (nSPS) is 14.2. The molecule has 0 aliphatic heterocycles. The van der Waals surface area contributed by atoms with Crippen LogP contribution in [0.5, 0.6) is 0 Å². The summed E-state index contributed by atoms with van der Waals surface area (Å²) in [6.07, 6.45) is 22.1. The van der Waals surface area contributed by atoms with Gasteiger partial charge in [-0.3, -0.25) is 4.55 Å². The molecule has 5 heteroatoms. The summed E-state index contributed by atoms with van der Waals surface area (Å²) in [7, 11) is -3.95. The van der Waals surface area contributed by atoms with Gasteiger partial charge in [0.05, 0.1) is 11.4 Å². The first-order chi connectivity index (χ1) is 13.9. The molecule has 0 spiro atoms. The lowest BCUT2D eigenvalue weighted by molar-refractivity contribution is 0.147. The number of aliphatic hydroxyl groups excluding tert-OH is 1. The predicted molar refractivity (Wildman–Crippen MR) is 125 cm³/mol. The van der Waals surface area contributed by atoms with Gasteiger partial charge in [-0.05, 0) is 32.1 Å². The van der Waals surface area contributed by atoms with Gasteiger partial charge in [-0.25, -0.2) is 0 Å². The summed E-state index contributed by atoms with van der Waals surface area (Å²) in [6.45, 7) is 4.18. The lowest BCUT2D eigenvalue weighted by atomic mass is 10.0. The topological polar surface area (TPSA) is 74.6 Å². The number of hydrogen-bond donors (Lipinski definition) is 2. The Kier molecular flexibility index (Phi) is 19.7. The minimum absolute atomic E-state index is 0.337. The van der Waals surface area contributed by atoms with Crippen molar-refractivity contribution in [3.8, 4) is 0 Å². The Bertz CT molecular complexity index is 436. The molecule has 0 rings (SSSR count). The van der Waals surface area contributed by atoms with Gasteiger partial charge in [0.25, 0.3) is 10.1 Å². The minimum atomic E-state index is -3.95. The van der Waals surface area contributed by atoms with Gasteiger partial charge in [0.15, 0.2) is 0 Å². The van der Waals surface area contributed by atoms with Crippen molar-refractivity contribution < 1.29 is 18.1 Å². The molecule has 0 radical (unpaired) electrons. The summed E-state index contributed by atoms with van der Waals surface area (Å²) in [6, 6.07) is 0. The highest BCUT2D eigenvalue weighted by molar-refractivity contribution is 7.86. The molecule has 29 heavy (non-hydrogen) atoms. The first kappa shape index (κ1) is 28.9. The predicted octanol–water partition coefficient (Wildman–Crippen LogP) is 7.45. The van der Waals surface area contributed by atoms with Crippen molar-refractivity contribution in [3.63, 3.8) is 0 Å². The van der Waals surface area contributed by atoms with Crippen molar-refractivity contribution in [2.24, 2.45) is 0 Å². The highest BCUT2D eigenvalue weighted by Gasteiger charge is 2.21. The van der Waals surface area contributed by atoms with Crippen LogP contribution in [0.4, 0.5) is 0 Å². The van der Waals surface area contributed by atoms with E-state index in [2.05, 4.69) is 6.92 Å². The summed E-state index contributed by atoms with van der Waals surface area (Å²) in [5.41, 5.74) is 0. The van der Waals surface area contributed by atoms with E-state index in [0.29, 0.717) is 25.7 Å². The van der Waals surface area contributed by atoms with Crippen molar-refractivity contribution in [1.29, 1.82) is 0 Å². The molecule has 0 saturated heterocycles. The van der Waals surface area contributed by atoms with E-state index in [1.54, 1.807) is 0 Å². The first-order valence-corrected chi connectivity index (χ1v) is 14.1. The zero-order valence-electron chi connectivity index (χ0n) is 19.4. The van der Waals surface area contributed by atoms with E-state index in [1.165, 1.54) is 83.5 Å². The maximum atomic E-state index is 11.3. The van der Waals surface area contributed by atoms with Crippen molar-refractivity contribution in [2.75, 3.05) is 0 Å². The number of hydrogen-bond acceptors (Lipinski definition) is 3. The minimum Gasteiger partial charge on any atom is -0.393 e. The largest absolute Gasteiger partial charge is 0.393 e. The second kappa shape index (κ2) is 19.8. The molecule has 0 aliphatic carbocycles. The van der Waals surface area contributed by atoms with Gasteiger partial charge in [-0.1, -0.05) is 110 Å². The molecule has 2 atom stereocenters. The zero-order valence-corrected chi connectivity index (χ0v) is 20.2. The van der Waals surface area contributed by atoms with Crippen LogP contribution in [0.3, 0.4) is 0 Å². The molecule has 0 aromatic rings. The zero-order chi connectivity index (χ0) is 21.8. The molecule has 0 aliphatic rings. The molecule has 176 valence electrons. The van der Waals surface area contributed by atoms with E-state index in [0.717, 1.165) is 19.3 Å². The molecule has 0 saturated carbocycles. The number of rotatable bonds is 22. The smallest absolute Gasteiger partial charge is 0.267 e. The van der Waals surface area contributed by atoms with Crippen molar-refractivity contribution >= 4 is 10.1 Å². The average molecular weight is 435 g/mol. The van der Waals surface area contributed by atoms with Gasteiger partial charge in [0, 0.05) is 0 Å². The van der Waals surface area contributed by atoms with E-state index < -0.39 is 15.4 Å². The van der Waals surface area contributed by atoms with Gasteiger partial charge in [-0.15, -0.1) is 0 Å². The monoisotopic (exact) mass is 434 g/mol. The van der Waals surface area contributed by atoms with Gasteiger partial charge in [0.1, 0.15) is 0 Å². The SMILES string of the molecule is CCCCCCCCCCCCCCCCC(O)CCCC(CCC)S(=O)(=O)O. The standard InChI is InChI=1S/C24H50O4S/c1-3-5-6-7-8-9-10-11-12-13-14-15-16-17-20-23(25)21-18-22-24(19-4-2)29(26,27)28/h23-25H,3-22H2,1-2H3,(H,26,27,28). The molecule has 2 N–H and O–H groups in total.